The molecule has 3 heteroatoms. The van der Waals surface area contributed by atoms with Crippen molar-refractivity contribution in [1.82, 2.24) is 9.80 Å². The van der Waals surface area contributed by atoms with Crippen molar-refractivity contribution in [3.63, 3.8) is 0 Å². The Bertz CT molecular complexity index is 436. The average molecular weight is 243 g/mol. The first kappa shape index (κ1) is 13.1. The summed E-state index contributed by atoms with van der Waals surface area (Å²) in [5.74, 6) is 0. The van der Waals surface area contributed by atoms with Gasteiger partial charge in [-0.3, -0.25) is 0 Å². The van der Waals surface area contributed by atoms with Gasteiger partial charge in [-0.05, 0) is 45.1 Å². The number of nitrogens with zero attached hydrogens (tertiary/aromatic N) is 3. The molecule has 0 bridgehead atoms. The molecule has 0 aliphatic carbocycles. The van der Waals surface area contributed by atoms with Gasteiger partial charge < -0.3 is 9.80 Å². The molecule has 1 saturated heterocycles. The summed E-state index contributed by atoms with van der Waals surface area (Å²) in [4.78, 5) is 4.76. The number of nitriles is 1. The molecule has 18 heavy (non-hydrogen) atoms. The maximum Gasteiger partial charge on any atom is 0.0995 e. The molecule has 1 aliphatic rings. The van der Waals surface area contributed by atoms with Gasteiger partial charge in [-0.25, -0.2) is 0 Å². The molecule has 1 unspecified atom stereocenters. The van der Waals surface area contributed by atoms with Crippen molar-refractivity contribution in [1.29, 1.82) is 5.26 Å². The third kappa shape index (κ3) is 3.10. The number of likely N-dealkylation sites (tertiary alicyclic amines) is 1. The van der Waals surface area contributed by atoms with E-state index in [1.165, 1.54) is 19.4 Å². The monoisotopic (exact) mass is 243 g/mol. The first-order valence-electron chi connectivity index (χ1n) is 6.57. The highest BCUT2D eigenvalue weighted by Gasteiger charge is 2.22. The normalized spacial score (nSPS) is 20.2. The van der Waals surface area contributed by atoms with Crippen LogP contribution in [0, 0.1) is 11.3 Å². The van der Waals surface area contributed by atoms with Crippen molar-refractivity contribution in [3.8, 4) is 6.07 Å². The summed E-state index contributed by atoms with van der Waals surface area (Å²) in [6.07, 6.45) is 2.60. The summed E-state index contributed by atoms with van der Waals surface area (Å²) in [7, 11) is 4.34. The lowest BCUT2D eigenvalue weighted by Crippen LogP contribution is -2.36. The molecule has 1 atom stereocenters. The van der Waals surface area contributed by atoms with Gasteiger partial charge in [0.1, 0.15) is 0 Å². The zero-order valence-corrected chi connectivity index (χ0v) is 11.3. The fraction of sp³-hybridized carbons (Fsp3) is 0.533. The van der Waals surface area contributed by atoms with Gasteiger partial charge in [0.15, 0.2) is 0 Å². The van der Waals surface area contributed by atoms with Crippen LogP contribution in [0.15, 0.2) is 24.3 Å². The minimum absolute atomic E-state index is 0.671. The number of hydrogen-bond donors (Lipinski definition) is 0. The van der Waals surface area contributed by atoms with Crippen LogP contribution in [-0.4, -0.2) is 43.0 Å². The molecule has 96 valence electrons. The highest BCUT2D eigenvalue weighted by atomic mass is 15.2. The van der Waals surface area contributed by atoms with Gasteiger partial charge in [-0.1, -0.05) is 18.2 Å². The summed E-state index contributed by atoms with van der Waals surface area (Å²) >= 11 is 0. The van der Waals surface area contributed by atoms with E-state index in [-0.39, 0.29) is 0 Å². The van der Waals surface area contributed by atoms with E-state index in [4.69, 9.17) is 5.26 Å². The van der Waals surface area contributed by atoms with Crippen LogP contribution in [0.5, 0.6) is 0 Å². The quantitative estimate of drug-likeness (QED) is 0.811. The topological polar surface area (TPSA) is 30.3 Å². The molecule has 1 aliphatic heterocycles. The maximum absolute atomic E-state index is 9.08. The summed E-state index contributed by atoms with van der Waals surface area (Å²) in [5, 5.41) is 9.08. The number of benzene rings is 1. The second-order valence-electron chi connectivity index (χ2n) is 5.24. The number of rotatable bonds is 4. The fourth-order valence-corrected chi connectivity index (χ4v) is 2.69. The van der Waals surface area contributed by atoms with E-state index in [9.17, 15) is 0 Å². The molecule has 1 fully saturated rings. The third-order valence-electron chi connectivity index (χ3n) is 3.77. The van der Waals surface area contributed by atoms with E-state index in [1.54, 1.807) is 0 Å². The van der Waals surface area contributed by atoms with Gasteiger partial charge in [-0.2, -0.15) is 5.26 Å². The maximum atomic E-state index is 9.08. The molecular weight excluding hydrogens is 222 g/mol. The van der Waals surface area contributed by atoms with E-state index in [0.29, 0.717) is 6.04 Å². The van der Waals surface area contributed by atoms with Crippen molar-refractivity contribution >= 4 is 0 Å². The Morgan fingerprint density at radius 3 is 2.89 bits per heavy atom. The van der Waals surface area contributed by atoms with Gasteiger partial charge in [0, 0.05) is 19.1 Å². The molecule has 0 radical (unpaired) electrons. The van der Waals surface area contributed by atoms with Crippen LogP contribution < -0.4 is 0 Å². The summed E-state index contributed by atoms with van der Waals surface area (Å²) in [6, 6.07) is 10.8. The first-order valence-corrected chi connectivity index (χ1v) is 6.57. The molecule has 1 aromatic carbocycles. The molecule has 1 aromatic rings. The average Bonchev–Trinajstić information content (AvgIpc) is 2.75. The highest BCUT2D eigenvalue weighted by Crippen LogP contribution is 2.17. The second-order valence-corrected chi connectivity index (χ2v) is 5.24. The van der Waals surface area contributed by atoms with E-state index >= 15 is 0 Å². The Labute approximate surface area is 110 Å². The van der Waals surface area contributed by atoms with E-state index in [2.05, 4.69) is 30.0 Å². The van der Waals surface area contributed by atoms with Crippen LogP contribution in [0.2, 0.25) is 0 Å². The number of likely N-dealkylation sites (N-methyl/N-ethyl adjacent to an activating group) is 2. The van der Waals surface area contributed by atoms with E-state index in [1.807, 2.05) is 24.3 Å². The molecule has 2 rings (SSSR count). The zero-order valence-electron chi connectivity index (χ0n) is 11.3. The highest BCUT2D eigenvalue weighted by molar-refractivity contribution is 5.37. The predicted octanol–water partition coefficient (Wildman–Crippen LogP) is 2.08. The minimum Gasteiger partial charge on any atom is -0.302 e. The van der Waals surface area contributed by atoms with Crippen molar-refractivity contribution < 1.29 is 0 Å². The van der Waals surface area contributed by atoms with Gasteiger partial charge in [0.25, 0.3) is 0 Å². The Morgan fingerprint density at radius 2 is 2.22 bits per heavy atom. The molecule has 0 saturated carbocycles. The Hall–Kier alpha value is -1.37. The fourth-order valence-electron chi connectivity index (χ4n) is 2.69. The van der Waals surface area contributed by atoms with Crippen molar-refractivity contribution in [2.24, 2.45) is 0 Å². The summed E-state index contributed by atoms with van der Waals surface area (Å²) in [5.41, 5.74) is 1.92. The van der Waals surface area contributed by atoms with Crippen LogP contribution in [0.1, 0.15) is 24.0 Å². The van der Waals surface area contributed by atoms with Gasteiger partial charge in [0.2, 0.25) is 0 Å². The largest absolute Gasteiger partial charge is 0.302 e. The predicted molar refractivity (Wildman–Crippen MR) is 73.1 cm³/mol. The lowest BCUT2D eigenvalue weighted by molar-refractivity contribution is 0.215. The molecule has 0 amide bonds. The van der Waals surface area contributed by atoms with Crippen LogP contribution in [0.4, 0.5) is 0 Å². The molecule has 0 aromatic heterocycles. The Balaban J connectivity index is 1.94. The molecule has 0 N–H and O–H groups in total. The van der Waals surface area contributed by atoms with Crippen molar-refractivity contribution in [2.75, 3.05) is 27.2 Å². The summed E-state index contributed by atoms with van der Waals surface area (Å²) in [6.45, 7) is 3.15. The first-order chi connectivity index (χ1) is 8.70. The lowest BCUT2D eigenvalue weighted by Gasteiger charge is -2.26. The SMILES string of the molecule is CN(Cc1ccccc1C#N)CC1CCCN1C. The molecular formula is C15H21N3. The third-order valence-corrected chi connectivity index (χ3v) is 3.77. The standard InChI is InChI=1S/C15H21N3/c1-17(12-15-8-5-9-18(15)2)11-14-7-4-3-6-13(14)10-16/h3-4,6-7,15H,5,8-9,11-12H2,1-2H3. The molecule has 1 heterocycles. The van der Waals surface area contributed by atoms with Crippen LogP contribution >= 0.6 is 0 Å². The number of hydrogen-bond acceptors (Lipinski definition) is 3. The van der Waals surface area contributed by atoms with Gasteiger partial charge in [-0.15, -0.1) is 0 Å². The van der Waals surface area contributed by atoms with Gasteiger partial charge in [0.05, 0.1) is 11.6 Å². The molecule has 0 spiro atoms. The van der Waals surface area contributed by atoms with Crippen LogP contribution in [0.3, 0.4) is 0 Å². The Kier molecular flexibility index (Phi) is 4.35. The smallest absolute Gasteiger partial charge is 0.0995 e. The van der Waals surface area contributed by atoms with E-state index < -0.39 is 0 Å². The summed E-state index contributed by atoms with van der Waals surface area (Å²) < 4.78 is 0. The van der Waals surface area contributed by atoms with Crippen LogP contribution in [0.25, 0.3) is 0 Å². The van der Waals surface area contributed by atoms with Crippen LogP contribution in [-0.2, 0) is 6.54 Å². The lowest BCUT2D eigenvalue weighted by atomic mass is 10.1. The van der Waals surface area contributed by atoms with E-state index in [0.717, 1.165) is 24.2 Å². The Morgan fingerprint density at radius 1 is 1.44 bits per heavy atom. The zero-order chi connectivity index (χ0) is 13.0. The van der Waals surface area contributed by atoms with Crippen molar-refractivity contribution in [2.45, 2.75) is 25.4 Å². The molecule has 3 nitrogen and oxygen atoms in total. The minimum atomic E-state index is 0.671. The second kappa shape index (κ2) is 5.99. The van der Waals surface area contributed by atoms with Crippen molar-refractivity contribution in [3.05, 3.63) is 35.4 Å². The van der Waals surface area contributed by atoms with Gasteiger partial charge >= 0.3 is 0 Å².